The molecule has 1 aromatic heterocycles. The lowest BCUT2D eigenvalue weighted by molar-refractivity contribution is 0.0903. The maximum absolute atomic E-state index is 12.2. The van der Waals surface area contributed by atoms with Gasteiger partial charge in [-0.2, -0.15) is 0 Å². The largest absolute Gasteiger partial charge is 0.497 e. The van der Waals surface area contributed by atoms with Crippen molar-refractivity contribution in [3.8, 4) is 11.5 Å². The summed E-state index contributed by atoms with van der Waals surface area (Å²) in [6.07, 6.45) is 4.79. The van der Waals surface area contributed by atoms with Gasteiger partial charge in [-0.05, 0) is 36.6 Å². The Labute approximate surface area is 153 Å². The molecular weight excluding hydrogens is 332 g/mol. The number of rotatable bonds is 6. The molecule has 138 valence electrons. The van der Waals surface area contributed by atoms with Crippen molar-refractivity contribution in [1.29, 1.82) is 0 Å². The molecule has 0 aliphatic carbocycles. The molecule has 0 saturated carbocycles. The molecule has 1 saturated heterocycles. The molecule has 7 heteroatoms. The molecule has 1 amide bonds. The first kappa shape index (κ1) is 18.1. The minimum absolute atomic E-state index is 0.136. The number of carbonyl (C=O) groups excluding carboxylic acids is 1. The van der Waals surface area contributed by atoms with Gasteiger partial charge in [-0.1, -0.05) is 0 Å². The van der Waals surface area contributed by atoms with Crippen LogP contribution in [0.15, 0.2) is 36.8 Å². The molecule has 2 heterocycles. The van der Waals surface area contributed by atoms with Crippen LogP contribution in [-0.4, -0.2) is 54.1 Å². The van der Waals surface area contributed by atoms with Crippen molar-refractivity contribution >= 4 is 5.91 Å². The molecule has 1 N–H and O–H groups in total. The molecule has 2 aromatic rings. The predicted molar refractivity (Wildman–Crippen MR) is 97.3 cm³/mol. The minimum Gasteiger partial charge on any atom is -0.497 e. The van der Waals surface area contributed by atoms with E-state index in [1.807, 2.05) is 18.2 Å². The smallest absolute Gasteiger partial charge is 0.270 e. The number of likely N-dealkylation sites (tertiary alicyclic amines) is 1. The van der Waals surface area contributed by atoms with E-state index in [1.165, 1.54) is 6.33 Å². The fraction of sp³-hybridized carbons (Fsp3) is 0.421. The molecule has 0 atom stereocenters. The highest BCUT2D eigenvalue weighted by molar-refractivity contribution is 5.92. The number of nitrogens with one attached hydrogen (secondary N) is 1. The third-order valence-corrected chi connectivity index (χ3v) is 4.55. The molecule has 0 unspecified atom stereocenters. The van der Waals surface area contributed by atoms with E-state index < -0.39 is 0 Å². The maximum atomic E-state index is 12.2. The number of ether oxygens (including phenoxy) is 2. The van der Waals surface area contributed by atoms with Gasteiger partial charge in [0, 0.05) is 37.9 Å². The first-order valence-electron chi connectivity index (χ1n) is 8.69. The fourth-order valence-corrected chi connectivity index (χ4v) is 3.14. The number of hydrogen-bond donors (Lipinski definition) is 1. The maximum Gasteiger partial charge on any atom is 0.270 e. The molecule has 3 rings (SSSR count). The Morgan fingerprint density at radius 1 is 1.19 bits per heavy atom. The predicted octanol–water partition coefficient (Wildman–Crippen LogP) is 1.89. The van der Waals surface area contributed by atoms with Gasteiger partial charge in [0.25, 0.3) is 5.91 Å². The van der Waals surface area contributed by atoms with E-state index in [1.54, 1.807) is 26.5 Å². The highest BCUT2D eigenvalue weighted by atomic mass is 16.5. The second-order valence-electron chi connectivity index (χ2n) is 6.34. The molecule has 1 fully saturated rings. The van der Waals surface area contributed by atoms with Crippen molar-refractivity contribution in [3.05, 3.63) is 48.0 Å². The number of carbonyl (C=O) groups is 1. The quantitative estimate of drug-likeness (QED) is 0.852. The second kappa shape index (κ2) is 8.62. The van der Waals surface area contributed by atoms with Gasteiger partial charge in [0.15, 0.2) is 0 Å². The highest BCUT2D eigenvalue weighted by Gasteiger charge is 2.21. The summed E-state index contributed by atoms with van der Waals surface area (Å²) in [6, 6.07) is 7.74. The molecule has 7 nitrogen and oxygen atoms in total. The summed E-state index contributed by atoms with van der Waals surface area (Å²) < 4.78 is 10.7. The van der Waals surface area contributed by atoms with Crippen LogP contribution < -0.4 is 14.8 Å². The van der Waals surface area contributed by atoms with Gasteiger partial charge >= 0.3 is 0 Å². The van der Waals surface area contributed by atoms with Gasteiger partial charge in [0.1, 0.15) is 23.5 Å². The van der Waals surface area contributed by atoms with Crippen molar-refractivity contribution in [2.75, 3.05) is 27.3 Å². The number of amides is 1. The van der Waals surface area contributed by atoms with Gasteiger partial charge in [-0.15, -0.1) is 0 Å². The van der Waals surface area contributed by atoms with Crippen LogP contribution in [0.3, 0.4) is 0 Å². The first-order chi connectivity index (χ1) is 12.7. The summed E-state index contributed by atoms with van der Waals surface area (Å²) in [5.74, 6) is 1.46. The van der Waals surface area contributed by atoms with Crippen molar-refractivity contribution in [3.63, 3.8) is 0 Å². The third-order valence-electron chi connectivity index (χ3n) is 4.55. The summed E-state index contributed by atoms with van der Waals surface area (Å²) in [7, 11) is 3.31. The van der Waals surface area contributed by atoms with Crippen molar-refractivity contribution in [1.82, 2.24) is 20.2 Å². The molecule has 0 spiro atoms. The Morgan fingerprint density at radius 2 is 1.88 bits per heavy atom. The van der Waals surface area contributed by atoms with Crippen LogP contribution in [0.5, 0.6) is 11.5 Å². The van der Waals surface area contributed by atoms with Gasteiger partial charge in [0.2, 0.25) is 0 Å². The van der Waals surface area contributed by atoms with E-state index in [2.05, 4.69) is 20.2 Å². The Morgan fingerprint density at radius 3 is 2.46 bits per heavy atom. The van der Waals surface area contributed by atoms with E-state index in [9.17, 15) is 4.79 Å². The molecule has 1 aromatic carbocycles. The van der Waals surface area contributed by atoms with E-state index in [0.29, 0.717) is 5.69 Å². The zero-order chi connectivity index (χ0) is 18.4. The fourth-order valence-electron chi connectivity index (χ4n) is 3.14. The molecule has 0 bridgehead atoms. The topological polar surface area (TPSA) is 76.6 Å². The first-order valence-corrected chi connectivity index (χ1v) is 8.69. The van der Waals surface area contributed by atoms with Crippen LogP contribution in [0.2, 0.25) is 0 Å². The molecule has 0 radical (unpaired) electrons. The number of piperidine rings is 1. The number of aromatic nitrogens is 2. The average molecular weight is 356 g/mol. The standard InChI is InChI=1S/C19H24N4O3/c1-25-16-9-14(10-17(11-16)26-2)12-23-7-4-15(5-8-23)22-19(24)18-3-6-20-13-21-18/h3,6,9-11,13,15H,4-5,7-8,12H2,1-2H3,(H,22,24). The number of benzene rings is 1. The lowest BCUT2D eigenvalue weighted by Gasteiger charge is -2.32. The van der Waals surface area contributed by atoms with E-state index in [0.717, 1.165) is 49.5 Å². The van der Waals surface area contributed by atoms with Crippen LogP contribution in [0.1, 0.15) is 28.9 Å². The van der Waals surface area contributed by atoms with E-state index >= 15 is 0 Å². The molecule has 1 aliphatic rings. The van der Waals surface area contributed by atoms with Gasteiger partial charge in [-0.25, -0.2) is 9.97 Å². The van der Waals surface area contributed by atoms with Crippen molar-refractivity contribution in [2.45, 2.75) is 25.4 Å². The highest BCUT2D eigenvalue weighted by Crippen LogP contribution is 2.24. The SMILES string of the molecule is COc1cc(CN2CCC(NC(=O)c3ccncn3)CC2)cc(OC)c1. The summed E-state index contributed by atoms with van der Waals surface area (Å²) >= 11 is 0. The lowest BCUT2D eigenvalue weighted by atomic mass is 10.0. The van der Waals surface area contributed by atoms with Gasteiger partial charge < -0.3 is 14.8 Å². The van der Waals surface area contributed by atoms with Gasteiger partial charge in [-0.3, -0.25) is 9.69 Å². The summed E-state index contributed by atoms with van der Waals surface area (Å²) in [4.78, 5) is 22.4. The van der Waals surface area contributed by atoms with Crippen LogP contribution >= 0.6 is 0 Å². The number of hydrogen-bond acceptors (Lipinski definition) is 6. The summed E-state index contributed by atoms with van der Waals surface area (Å²) in [5.41, 5.74) is 1.57. The molecule has 26 heavy (non-hydrogen) atoms. The zero-order valence-electron chi connectivity index (χ0n) is 15.1. The van der Waals surface area contributed by atoms with Crippen molar-refractivity contribution < 1.29 is 14.3 Å². The zero-order valence-corrected chi connectivity index (χ0v) is 15.1. The van der Waals surface area contributed by atoms with E-state index in [-0.39, 0.29) is 11.9 Å². The monoisotopic (exact) mass is 356 g/mol. The Balaban J connectivity index is 1.52. The van der Waals surface area contributed by atoms with Crippen LogP contribution in [0, 0.1) is 0 Å². The molecular formula is C19H24N4O3. The van der Waals surface area contributed by atoms with Gasteiger partial charge in [0.05, 0.1) is 14.2 Å². The summed E-state index contributed by atoms with van der Waals surface area (Å²) in [6.45, 7) is 2.68. The third kappa shape index (κ3) is 4.70. The average Bonchev–Trinajstić information content (AvgIpc) is 2.69. The lowest BCUT2D eigenvalue weighted by Crippen LogP contribution is -2.44. The van der Waals surface area contributed by atoms with E-state index in [4.69, 9.17) is 9.47 Å². The van der Waals surface area contributed by atoms with Crippen LogP contribution in [0.4, 0.5) is 0 Å². The molecule has 1 aliphatic heterocycles. The Bertz CT molecular complexity index is 709. The Kier molecular flexibility index (Phi) is 6.01. The van der Waals surface area contributed by atoms with Crippen LogP contribution in [0.25, 0.3) is 0 Å². The normalized spacial score (nSPS) is 15.5. The number of methoxy groups -OCH3 is 2. The summed E-state index contributed by atoms with van der Waals surface area (Å²) in [5, 5.41) is 3.06. The minimum atomic E-state index is -0.136. The second-order valence-corrected chi connectivity index (χ2v) is 6.34. The van der Waals surface area contributed by atoms with Crippen LogP contribution in [-0.2, 0) is 6.54 Å². The Hall–Kier alpha value is -2.67. The number of nitrogens with zero attached hydrogens (tertiary/aromatic N) is 3. The van der Waals surface area contributed by atoms with Crippen molar-refractivity contribution in [2.24, 2.45) is 0 Å².